The molecule has 2 saturated heterocycles. The zero-order chi connectivity index (χ0) is 16.2. The molecule has 6 heteroatoms. The van der Waals surface area contributed by atoms with Gasteiger partial charge in [-0.3, -0.25) is 0 Å². The van der Waals surface area contributed by atoms with Crippen molar-refractivity contribution in [1.29, 1.82) is 0 Å². The minimum atomic E-state index is -0.305. The van der Waals surface area contributed by atoms with E-state index >= 15 is 0 Å². The highest BCUT2D eigenvalue weighted by Crippen LogP contribution is 2.29. The summed E-state index contributed by atoms with van der Waals surface area (Å²) in [5.74, 6) is 0. The fourth-order valence-electron chi connectivity index (χ4n) is 2.68. The molecule has 4 rings (SSSR count). The predicted octanol–water partition coefficient (Wildman–Crippen LogP) is 4.19. The van der Waals surface area contributed by atoms with Crippen molar-refractivity contribution in [3.05, 3.63) is 59.7 Å². The largest absolute Gasteiger partial charge is 0.346 e. The molecule has 2 aliphatic heterocycles. The van der Waals surface area contributed by atoms with Crippen molar-refractivity contribution in [3.8, 4) is 0 Å². The van der Waals surface area contributed by atoms with E-state index in [4.69, 9.17) is 18.9 Å². The van der Waals surface area contributed by atoms with Crippen LogP contribution in [0, 0.1) is 0 Å². The first-order valence-corrected chi connectivity index (χ1v) is 7.96. The third-order valence-electron chi connectivity index (χ3n) is 3.81. The predicted molar refractivity (Wildman–Crippen MR) is 86.4 cm³/mol. The normalized spacial score (nSPS) is 19.5. The van der Waals surface area contributed by atoms with Crippen LogP contribution in [0.3, 0.4) is 0 Å². The lowest BCUT2D eigenvalue weighted by Crippen LogP contribution is -1.97. The van der Waals surface area contributed by atoms with E-state index in [9.17, 15) is 0 Å². The van der Waals surface area contributed by atoms with Crippen molar-refractivity contribution in [3.63, 3.8) is 0 Å². The van der Waals surface area contributed by atoms with Crippen LogP contribution in [-0.4, -0.2) is 26.4 Å². The molecule has 24 heavy (non-hydrogen) atoms. The molecule has 0 aromatic heterocycles. The third kappa shape index (κ3) is 3.52. The minimum Gasteiger partial charge on any atom is -0.346 e. The van der Waals surface area contributed by atoms with Gasteiger partial charge in [-0.1, -0.05) is 24.3 Å². The lowest BCUT2D eigenvalue weighted by atomic mass is 10.2. The monoisotopic (exact) mass is 326 g/mol. The van der Waals surface area contributed by atoms with E-state index in [0.29, 0.717) is 26.4 Å². The molecular weight excluding hydrogens is 308 g/mol. The molecule has 2 heterocycles. The Hall–Kier alpha value is -2.12. The van der Waals surface area contributed by atoms with Gasteiger partial charge in [-0.25, -0.2) is 0 Å². The number of hydrogen-bond donors (Lipinski definition) is 0. The van der Waals surface area contributed by atoms with E-state index in [1.54, 1.807) is 0 Å². The second kappa shape index (κ2) is 7.19. The summed E-state index contributed by atoms with van der Waals surface area (Å²) in [6.45, 7) is 2.48. The van der Waals surface area contributed by atoms with Crippen LogP contribution < -0.4 is 0 Å². The molecule has 0 bridgehead atoms. The number of nitrogens with zero attached hydrogens (tertiary/aromatic N) is 2. The van der Waals surface area contributed by atoms with Gasteiger partial charge in [-0.05, 0) is 24.3 Å². The van der Waals surface area contributed by atoms with Gasteiger partial charge in [0.25, 0.3) is 0 Å². The Balaban J connectivity index is 1.50. The lowest BCUT2D eigenvalue weighted by Gasteiger charge is -2.09. The van der Waals surface area contributed by atoms with Gasteiger partial charge in [0.05, 0.1) is 37.8 Å². The SMILES string of the molecule is c1cc(N=Nc2cccc(C3OCCO3)c2)cc(C2OCCO2)c1. The molecule has 2 fully saturated rings. The molecule has 0 radical (unpaired) electrons. The van der Waals surface area contributed by atoms with E-state index in [0.717, 1.165) is 22.5 Å². The molecule has 0 aliphatic carbocycles. The molecule has 0 atom stereocenters. The summed E-state index contributed by atoms with van der Waals surface area (Å²) in [6.07, 6.45) is -0.611. The van der Waals surface area contributed by atoms with Crippen LogP contribution in [-0.2, 0) is 18.9 Å². The molecule has 2 aliphatic rings. The number of rotatable bonds is 4. The topological polar surface area (TPSA) is 61.6 Å². The molecule has 6 nitrogen and oxygen atoms in total. The molecule has 0 spiro atoms. The van der Waals surface area contributed by atoms with Crippen LogP contribution >= 0.6 is 0 Å². The maximum absolute atomic E-state index is 5.51. The zero-order valence-corrected chi connectivity index (χ0v) is 13.1. The van der Waals surface area contributed by atoms with Crippen molar-refractivity contribution in [2.75, 3.05) is 26.4 Å². The lowest BCUT2D eigenvalue weighted by molar-refractivity contribution is -0.0442. The van der Waals surface area contributed by atoms with Crippen LogP contribution in [0.25, 0.3) is 0 Å². The molecule has 0 unspecified atom stereocenters. The Morgan fingerprint density at radius 1 is 0.625 bits per heavy atom. The van der Waals surface area contributed by atoms with Gasteiger partial charge in [0.2, 0.25) is 0 Å². The molecular formula is C18H18N2O4. The summed E-state index contributed by atoms with van der Waals surface area (Å²) in [7, 11) is 0. The molecule has 2 aromatic carbocycles. The van der Waals surface area contributed by atoms with Gasteiger partial charge in [0, 0.05) is 11.1 Å². The highest BCUT2D eigenvalue weighted by molar-refractivity contribution is 5.43. The Bertz CT molecular complexity index is 661. The standard InChI is InChI=1S/C18H18N2O4/c1-3-13(17-21-7-8-22-17)11-15(5-1)19-20-16-6-2-4-14(12-16)18-23-9-10-24-18/h1-6,11-12,17-18H,7-10H2. The Morgan fingerprint density at radius 3 is 1.46 bits per heavy atom. The van der Waals surface area contributed by atoms with Crippen LogP contribution in [0.4, 0.5) is 11.4 Å². The Morgan fingerprint density at radius 2 is 1.04 bits per heavy atom. The highest BCUT2D eigenvalue weighted by Gasteiger charge is 2.19. The fraction of sp³-hybridized carbons (Fsp3) is 0.333. The average Bonchev–Trinajstić information content (AvgIpc) is 3.34. The smallest absolute Gasteiger partial charge is 0.184 e. The second-order valence-electron chi connectivity index (χ2n) is 5.54. The van der Waals surface area contributed by atoms with Gasteiger partial charge in [-0.2, -0.15) is 10.2 Å². The average molecular weight is 326 g/mol. The Labute approximate surface area is 140 Å². The maximum atomic E-state index is 5.51. The van der Waals surface area contributed by atoms with E-state index in [-0.39, 0.29) is 12.6 Å². The number of hydrogen-bond acceptors (Lipinski definition) is 6. The third-order valence-corrected chi connectivity index (χ3v) is 3.81. The van der Waals surface area contributed by atoms with E-state index < -0.39 is 0 Å². The zero-order valence-electron chi connectivity index (χ0n) is 13.1. The van der Waals surface area contributed by atoms with E-state index in [1.165, 1.54) is 0 Å². The molecule has 0 amide bonds. The fourth-order valence-corrected chi connectivity index (χ4v) is 2.68. The molecule has 0 saturated carbocycles. The van der Waals surface area contributed by atoms with E-state index in [1.807, 2.05) is 48.5 Å². The van der Waals surface area contributed by atoms with Crippen molar-refractivity contribution in [2.24, 2.45) is 10.2 Å². The van der Waals surface area contributed by atoms with Gasteiger partial charge in [0.1, 0.15) is 0 Å². The summed E-state index contributed by atoms with van der Waals surface area (Å²) >= 11 is 0. The second-order valence-corrected chi connectivity index (χ2v) is 5.54. The van der Waals surface area contributed by atoms with E-state index in [2.05, 4.69) is 10.2 Å². The quantitative estimate of drug-likeness (QED) is 0.790. The molecule has 124 valence electrons. The maximum Gasteiger partial charge on any atom is 0.184 e. The summed E-state index contributed by atoms with van der Waals surface area (Å²) in [6, 6.07) is 15.4. The van der Waals surface area contributed by atoms with Crippen LogP contribution in [0.5, 0.6) is 0 Å². The highest BCUT2D eigenvalue weighted by atomic mass is 16.7. The summed E-state index contributed by atoms with van der Waals surface area (Å²) < 4.78 is 22.0. The van der Waals surface area contributed by atoms with Crippen LogP contribution in [0.2, 0.25) is 0 Å². The number of azo groups is 1. The first-order valence-electron chi connectivity index (χ1n) is 7.96. The first-order chi connectivity index (χ1) is 11.9. The van der Waals surface area contributed by atoms with Crippen LogP contribution in [0.15, 0.2) is 58.8 Å². The van der Waals surface area contributed by atoms with Gasteiger partial charge < -0.3 is 18.9 Å². The summed E-state index contributed by atoms with van der Waals surface area (Å²) in [5, 5.41) is 8.62. The van der Waals surface area contributed by atoms with Crippen molar-refractivity contribution in [1.82, 2.24) is 0 Å². The van der Waals surface area contributed by atoms with Crippen molar-refractivity contribution in [2.45, 2.75) is 12.6 Å². The van der Waals surface area contributed by atoms with Gasteiger partial charge in [0.15, 0.2) is 12.6 Å². The Kier molecular flexibility index (Phi) is 4.62. The van der Waals surface area contributed by atoms with Crippen molar-refractivity contribution < 1.29 is 18.9 Å². The van der Waals surface area contributed by atoms with Crippen molar-refractivity contribution >= 4 is 11.4 Å². The number of benzene rings is 2. The number of ether oxygens (including phenoxy) is 4. The summed E-state index contributed by atoms with van der Waals surface area (Å²) in [5.41, 5.74) is 3.41. The molecule has 0 N–H and O–H groups in total. The first kappa shape index (κ1) is 15.4. The van der Waals surface area contributed by atoms with Gasteiger partial charge >= 0.3 is 0 Å². The van der Waals surface area contributed by atoms with Gasteiger partial charge in [-0.15, -0.1) is 0 Å². The summed E-state index contributed by atoms with van der Waals surface area (Å²) in [4.78, 5) is 0. The van der Waals surface area contributed by atoms with Crippen LogP contribution in [0.1, 0.15) is 23.7 Å². The molecule has 2 aromatic rings. The minimum absolute atomic E-state index is 0.305.